The van der Waals surface area contributed by atoms with Gasteiger partial charge in [-0.15, -0.1) is 0 Å². The van der Waals surface area contributed by atoms with Gasteiger partial charge in [0.15, 0.2) is 0 Å². The number of hydrogen-bond acceptors (Lipinski definition) is 2. The number of aliphatic hydroxyl groups is 1. The van der Waals surface area contributed by atoms with Crippen LogP contribution in [0.5, 0.6) is 0 Å². The molecular formula is C22H17FO2. The molecule has 4 rings (SSSR count). The van der Waals surface area contributed by atoms with Crippen LogP contribution in [0.25, 0.3) is 22.3 Å². The highest BCUT2D eigenvalue weighted by molar-refractivity contribution is 5.83. The molecule has 0 amide bonds. The zero-order valence-electron chi connectivity index (χ0n) is 13.6. The molecular weight excluding hydrogens is 315 g/mol. The van der Waals surface area contributed by atoms with Crippen LogP contribution in [0.15, 0.2) is 77.2 Å². The number of fused-ring (bicyclic) bond motifs is 1. The van der Waals surface area contributed by atoms with Crippen LogP contribution in [0.3, 0.4) is 0 Å². The summed E-state index contributed by atoms with van der Waals surface area (Å²) in [6.45, 7) is -0.180. The van der Waals surface area contributed by atoms with Crippen molar-refractivity contribution in [2.75, 3.05) is 0 Å². The van der Waals surface area contributed by atoms with Gasteiger partial charge in [-0.2, -0.15) is 0 Å². The zero-order chi connectivity index (χ0) is 17.2. The van der Waals surface area contributed by atoms with Gasteiger partial charge in [0.1, 0.15) is 17.2 Å². The van der Waals surface area contributed by atoms with Crippen molar-refractivity contribution >= 4 is 11.0 Å². The second kappa shape index (κ2) is 6.54. The number of benzene rings is 3. The number of furan rings is 1. The van der Waals surface area contributed by atoms with Crippen LogP contribution in [0.1, 0.15) is 16.7 Å². The second-order valence-electron chi connectivity index (χ2n) is 6.12. The highest BCUT2D eigenvalue weighted by atomic mass is 19.1. The Morgan fingerprint density at radius 1 is 0.800 bits per heavy atom. The molecule has 0 atom stereocenters. The molecule has 124 valence electrons. The van der Waals surface area contributed by atoms with E-state index in [2.05, 4.69) is 18.2 Å². The summed E-state index contributed by atoms with van der Waals surface area (Å²) < 4.78 is 20.1. The standard InChI is InChI=1S/C22H17FO2/c23-20-12-17(14-24)6-8-19(20)22-13-18-11-16(7-9-21(18)25-22)10-15-4-2-1-3-5-15/h1-9,11-13,24H,10,14H2. The Kier molecular flexibility index (Phi) is 4.08. The van der Waals surface area contributed by atoms with Crippen molar-refractivity contribution < 1.29 is 13.9 Å². The highest BCUT2D eigenvalue weighted by Gasteiger charge is 2.12. The molecule has 0 unspecified atom stereocenters. The predicted molar refractivity (Wildman–Crippen MR) is 96.8 cm³/mol. The summed E-state index contributed by atoms with van der Waals surface area (Å²) in [4.78, 5) is 0. The molecule has 1 heterocycles. The summed E-state index contributed by atoms with van der Waals surface area (Å²) in [5.74, 6) is 0.101. The zero-order valence-corrected chi connectivity index (χ0v) is 13.6. The van der Waals surface area contributed by atoms with Crippen molar-refractivity contribution in [2.45, 2.75) is 13.0 Å². The Hall–Kier alpha value is -2.91. The Balaban J connectivity index is 1.69. The molecule has 0 aliphatic heterocycles. The van der Waals surface area contributed by atoms with E-state index >= 15 is 0 Å². The summed E-state index contributed by atoms with van der Waals surface area (Å²) in [7, 11) is 0. The van der Waals surface area contributed by atoms with Gasteiger partial charge in [0.2, 0.25) is 0 Å². The lowest BCUT2D eigenvalue weighted by molar-refractivity contribution is 0.281. The fourth-order valence-corrected chi connectivity index (χ4v) is 3.02. The summed E-state index contributed by atoms with van der Waals surface area (Å²) in [5, 5.41) is 10.1. The van der Waals surface area contributed by atoms with Gasteiger partial charge < -0.3 is 9.52 Å². The molecule has 0 saturated carbocycles. The third-order valence-corrected chi connectivity index (χ3v) is 4.31. The lowest BCUT2D eigenvalue weighted by Crippen LogP contribution is -1.87. The van der Waals surface area contributed by atoms with Crippen molar-refractivity contribution in [2.24, 2.45) is 0 Å². The molecule has 1 N–H and O–H groups in total. The molecule has 0 aliphatic carbocycles. The molecule has 4 aromatic rings. The average Bonchev–Trinajstić information content (AvgIpc) is 3.05. The van der Waals surface area contributed by atoms with Crippen LogP contribution in [0.4, 0.5) is 4.39 Å². The number of hydrogen-bond donors (Lipinski definition) is 1. The monoisotopic (exact) mass is 332 g/mol. The average molecular weight is 332 g/mol. The van der Waals surface area contributed by atoms with E-state index in [1.165, 1.54) is 17.2 Å². The largest absolute Gasteiger partial charge is 0.456 e. The van der Waals surface area contributed by atoms with Crippen LogP contribution in [-0.2, 0) is 13.0 Å². The first-order valence-electron chi connectivity index (χ1n) is 8.19. The van der Waals surface area contributed by atoms with E-state index in [4.69, 9.17) is 9.52 Å². The van der Waals surface area contributed by atoms with Crippen molar-refractivity contribution in [1.29, 1.82) is 0 Å². The van der Waals surface area contributed by atoms with Crippen LogP contribution in [0, 0.1) is 5.82 Å². The summed E-state index contributed by atoms with van der Waals surface area (Å²) >= 11 is 0. The number of halogens is 1. The van der Waals surface area contributed by atoms with Crippen LogP contribution < -0.4 is 0 Å². The second-order valence-corrected chi connectivity index (χ2v) is 6.12. The molecule has 0 saturated heterocycles. The van der Waals surface area contributed by atoms with Crippen molar-refractivity contribution in [3.05, 3.63) is 95.3 Å². The van der Waals surface area contributed by atoms with Crippen molar-refractivity contribution in [3.63, 3.8) is 0 Å². The SMILES string of the molecule is OCc1ccc(-c2cc3cc(Cc4ccccc4)ccc3o2)c(F)c1. The van der Waals surface area contributed by atoms with Crippen LogP contribution in [0.2, 0.25) is 0 Å². The Morgan fingerprint density at radius 2 is 1.60 bits per heavy atom. The first-order valence-corrected chi connectivity index (χ1v) is 8.19. The third kappa shape index (κ3) is 3.19. The molecule has 2 nitrogen and oxygen atoms in total. The lowest BCUT2D eigenvalue weighted by Gasteiger charge is -2.01. The molecule has 1 aromatic heterocycles. The maximum absolute atomic E-state index is 14.2. The maximum Gasteiger partial charge on any atom is 0.138 e. The smallest absolute Gasteiger partial charge is 0.138 e. The Labute approximate surface area is 145 Å². The first kappa shape index (κ1) is 15.6. The molecule has 0 bridgehead atoms. The number of rotatable bonds is 4. The van der Waals surface area contributed by atoms with Gasteiger partial charge in [-0.1, -0.05) is 42.5 Å². The Morgan fingerprint density at radius 3 is 2.36 bits per heavy atom. The molecule has 25 heavy (non-hydrogen) atoms. The van der Waals surface area contributed by atoms with Crippen molar-refractivity contribution in [3.8, 4) is 11.3 Å². The fourth-order valence-electron chi connectivity index (χ4n) is 3.02. The molecule has 3 heteroatoms. The molecule has 0 fully saturated rings. The van der Waals surface area contributed by atoms with Gasteiger partial charge in [-0.3, -0.25) is 0 Å². The minimum absolute atomic E-state index is 0.180. The van der Waals surface area contributed by atoms with Gasteiger partial charge in [0.05, 0.1) is 12.2 Å². The van der Waals surface area contributed by atoms with Gasteiger partial charge in [-0.25, -0.2) is 4.39 Å². The molecule has 0 aliphatic rings. The van der Waals surface area contributed by atoms with E-state index in [1.807, 2.05) is 36.4 Å². The van der Waals surface area contributed by atoms with Gasteiger partial charge in [0, 0.05) is 5.39 Å². The Bertz CT molecular complexity index is 1020. The number of aliphatic hydroxyl groups excluding tert-OH is 1. The highest BCUT2D eigenvalue weighted by Crippen LogP contribution is 2.31. The quantitative estimate of drug-likeness (QED) is 0.548. The van der Waals surface area contributed by atoms with Gasteiger partial charge in [0.25, 0.3) is 0 Å². The fraction of sp³-hybridized carbons (Fsp3) is 0.0909. The first-order chi connectivity index (χ1) is 12.2. The molecule has 3 aromatic carbocycles. The summed E-state index contributed by atoms with van der Waals surface area (Å²) in [5.41, 5.74) is 4.11. The van der Waals surface area contributed by atoms with E-state index in [0.717, 1.165) is 17.4 Å². The van der Waals surface area contributed by atoms with Gasteiger partial charge >= 0.3 is 0 Å². The van der Waals surface area contributed by atoms with E-state index in [-0.39, 0.29) is 6.61 Å². The normalized spacial score (nSPS) is 11.1. The minimum atomic E-state index is -0.393. The molecule has 0 spiro atoms. The predicted octanol–water partition coefficient (Wildman–Crippen LogP) is 5.32. The topological polar surface area (TPSA) is 33.4 Å². The van der Waals surface area contributed by atoms with Crippen LogP contribution in [-0.4, -0.2) is 5.11 Å². The van der Waals surface area contributed by atoms with E-state index < -0.39 is 5.82 Å². The van der Waals surface area contributed by atoms with Gasteiger partial charge in [-0.05, 0) is 53.4 Å². The van der Waals surface area contributed by atoms with Crippen LogP contribution >= 0.6 is 0 Å². The molecule has 0 radical (unpaired) electrons. The summed E-state index contributed by atoms with van der Waals surface area (Å²) in [6, 6.07) is 22.9. The van der Waals surface area contributed by atoms with E-state index in [0.29, 0.717) is 16.9 Å². The maximum atomic E-state index is 14.2. The summed E-state index contributed by atoms with van der Waals surface area (Å²) in [6.07, 6.45) is 0.844. The van der Waals surface area contributed by atoms with E-state index in [1.54, 1.807) is 12.1 Å². The lowest BCUT2D eigenvalue weighted by atomic mass is 10.0. The third-order valence-electron chi connectivity index (χ3n) is 4.31. The minimum Gasteiger partial charge on any atom is -0.456 e. The van der Waals surface area contributed by atoms with E-state index in [9.17, 15) is 4.39 Å². The van der Waals surface area contributed by atoms with Crippen molar-refractivity contribution in [1.82, 2.24) is 0 Å².